The summed E-state index contributed by atoms with van der Waals surface area (Å²) in [6.07, 6.45) is 3.81. The Hall–Kier alpha value is -2.48. The highest BCUT2D eigenvalue weighted by Gasteiger charge is 2.11. The molecule has 0 aliphatic carbocycles. The van der Waals surface area contributed by atoms with Crippen LogP contribution in [-0.4, -0.2) is 10.2 Å². The minimum atomic E-state index is 0.280. The summed E-state index contributed by atoms with van der Waals surface area (Å²) in [5.74, 6) is 0.584. The van der Waals surface area contributed by atoms with E-state index in [-0.39, 0.29) is 5.75 Å². The Kier molecular flexibility index (Phi) is 5.86. The van der Waals surface area contributed by atoms with Crippen molar-refractivity contribution in [1.29, 1.82) is 0 Å². The zero-order chi connectivity index (χ0) is 17.7. The number of phenolic OH excluding ortho intramolecular Hbond substituents is 2. The van der Waals surface area contributed by atoms with Crippen molar-refractivity contribution < 1.29 is 10.2 Å². The van der Waals surface area contributed by atoms with E-state index in [2.05, 4.69) is 19.9 Å². The Bertz CT molecular complexity index is 761. The lowest BCUT2D eigenvalue weighted by Gasteiger charge is -2.15. The van der Waals surface area contributed by atoms with Crippen molar-refractivity contribution in [2.45, 2.75) is 40.5 Å². The molecule has 2 N–H and O–H groups in total. The topological polar surface area (TPSA) is 40.5 Å². The van der Waals surface area contributed by atoms with Crippen LogP contribution in [0.5, 0.6) is 11.5 Å². The number of benzene rings is 2. The number of allylic oxidation sites excluding steroid dienone is 3. The molecule has 0 amide bonds. The van der Waals surface area contributed by atoms with Gasteiger partial charge in [-0.1, -0.05) is 43.7 Å². The van der Waals surface area contributed by atoms with Gasteiger partial charge in [0.2, 0.25) is 0 Å². The van der Waals surface area contributed by atoms with Gasteiger partial charge in [0.05, 0.1) is 0 Å². The van der Waals surface area contributed by atoms with E-state index < -0.39 is 0 Å². The van der Waals surface area contributed by atoms with Crippen molar-refractivity contribution >= 4 is 17.2 Å². The summed E-state index contributed by atoms with van der Waals surface area (Å²) in [5.41, 5.74) is 6.80. The van der Waals surface area contributed by atoms with Crippen LogP contribution in [0.15, 0.2) is 48.0 Å². The minimum absolute atomic E-state index is 0.280. The standard InChI is InChI=1S/C22H26O2/c1-5-20(16-7-10-19(23)11-8-16)21(6-2)17-9-12-22(24)18(14-17)13-15(3)4/h7-14,23-24H,5-6H2,1-4H3. The molecule has 0 aromatic heterocycles. The van der Waals surface area contributed by atoms with Gasteiger partial charge >= 0.3 is 0 Å². The second-order valence-electron chi connectivity index (χ2n) is 6.21. The fourth-order valence-corrected chi connectivity index (χ4v) is 3.01. The van der Waals surface area contributed by atoms with E-state index in [9.17, 15) is 10.2 Å². The van der Waals surface area contributed by atoms with E-state index in [1.807, 2.05) is 38.1 Å². The average Bonchev–Trinajstić information content (AvgIpc) is 2.55. The van der Waals surface area contributed by atoms with E-state index in [0.29, 0.717) is 5.75 Å². The molecule has 2 nitrogen and oxygen atoms in total. The van der Waals surface area contributed by atoms with Crippen LogP contribution < -0.4 is 0 Å². The summed E-state index contributed by atoms with van der Waals surface area (Å²) < 4.78 is 0. The average molecular weight is 322 g/mol. The van der Waals surface area contributed by atoms with E-state index in [1.54, 1.807) is 18.2 Å². The second kappa shape index (κ2) is 7.87. The van der Waals surface area contributed by atoms with Crippen molar-refractivity contribution in [1.82, 2.24) is 0 Å². The predicted molar refractivity (Wildman–Crippen MR) is 103 cm³/mol. The molecule has 0 heterocycles. The second-order valence-corrected chi connectivity index (χ2v) is 6.21. The molecule has 24 heavy (non-hydrogen) atoms. The van der Waals surface area contributed by atoms with E-state index in [4.69, 9.17) is 0 Å². The fraction of sp³-hybridized carbons (Fsp3) is 0.273. The van der Waals surface area contributed by atoms with Crippen LogP contribution in [0.2, 0.25) is 0 Å². The maximum atomic E-state index is 10.1. The highest BCUT2D eigenvalue weighted by atomic mass is 16.3. The molecule has 0 aliphatic rings. The lowest BCUT2D eigenvalue weighted by Crippen LogP contribution is -1.92. The Morgan fingerprint density at radius 2 is 1.38 bits per heavy atom. The molecule has 2 heteroatoms. The van der Waals surface area contributed by atoms with Crippen molar-refractivity contribution in [2.75, 3.05) is 0 Å². The number of phenols is 2. The minimum Gasteiger partial charge on any atom is -0.508 e. The van der Waals surface area contributed by atoms with Gasteiger partial charge < -0.3 is 10.2 Å². The number of aromatic hydroxyl groups is 2. The Labute approximate surface area is 144 Å². The normalized spacial score (nSPS) is 11.8. The van der Waals surface area contributed by atoms with Crippen LogP contribution in [0.1, 0.15) is 57.2 Å². The van der Waals surface area contributed by atoms with Crippen LogP contribution in [0.4, 0.5) is 0 Å². The van der Waals surface area contributed by atoms with Crippen molar-refractivity contribution in [2.24, 2.45) is 0 Å². The third kappa shape index (κ3) is 4.08. The molecule has 2 aromatic rings. The first-order valence-electron chi connectivity index (χ1n) is 8.46. The molecular weight excluding hydrogens is 296 g/mol. The Morgan fingerprint density at radius 3 is 1.92 bits per heavy atom. The SMILES string of the molecule is CCC(=C(CC)c1ccc(O)c(C=C(C)C)c1)c1ccc(O)cc1. The number of hydrogen-bond donors (Lipinski definition) is 2. The monoisotopic (exact) mass is 322 g/mol. The molecule has 0 bridgehead atoms. The van der Waals surface area contributed by atoms with Crippen LogP contribution in [0, 0.1) is 0 Å². The maximum absolute atomic E-state index is 10.1. The van der Waals surface area contributed by atoms with Crippen molar-refractivity contribution in [3.05, 3.63) is 64.7 Å². The molecule has 2 rings (SSSR count). The largest absolute Gasteiger partial charge is 0.508 e. The first-order valence-corrected chi connectivity index (χ1v) is 8.46. The van der Waals surface area contributed by atoms with Gasteiger partial charge in [-0.05, 0) is 73.2 Å². The molecule has 0 radical (unpaired) electrons. The fourth-order valence-electron chi connectivity index (χ4n) is 3.01. The highest BCUT2D eigenvalue weighted by Crippen LogP contribution is 2.34. The van der Waals surface area contributed by atoms with Gasteiger partial charge in [-0.15, -0.1) is 0 Å². The molecule has 2 aromatic carbocycles. The summed E-state index contributed by atoms with van der Waals surface area (Å²) in [7, 11) is 0. The van der Waals surface area contributed by atoms with Gasteiger partial charge in [-0.25, -0.2) is 0 Å². The van der Waals surface area contributed by atoms with Crippen molar-refractivity contribution in [3.63, 3.8) is 0 Å². The third-order valence-corrected chi connectivity index (χ3v) is 4.11. The number of rotatable bonds is 5. The Morgan fingerprint density at radius 1 is 0.833 bits per heavy atom. The van der Waals surface area contributed by atoms with Crippen LogP contribution >= 0.6 is 0 Å². The molecule has 0 unspecified atom stereocenters. The summed E-state index contributed by atoms with van der Waals surface area (Å²) in [4.78, 5) is 0. The zero-order valence-electron chi connectivity index (χ0n) is 14.9. The van der Waals surface area contributed by atoms with Crippen LogP contribution in [-0.2, 0) is 0 Å². The summed E-state index contributed by atoms with van der Waals surface area (Å²) in [6.45, 7) is 8.35. The van der Waals surface area contributed by atoms with E-state index in [0.717, 1.165) is 35.1 Å². The Balaban J connectivity index is 2.60. The summed E-state index contributed by atoms with van der Waals surface area (Å²) >= 11 is 0. The van der Waals surface area contributed by atoms with Gasteiger partial charge in [0.25, 0.3) is 0 Å². The first kappa shape index (κ1) is 17.9. The lowest BCUT2D eigenvalue weighted by atomic mass is 9.90. The molecule has 126 valence electrons. The van der Waals surface area contributed by atoms with Crippen molar-refractivity contribution in [3.8, 4) is 11.5 Å². The maximum Gasteiger partial charge on any atom is 0.122 e. The van der Waals surface area contributed by atoms with Gasteiger partial charge in [-0.2, -0.15) is 0 Å². The molecule has 0 saturated carbocycles. The zero-order valence-corrected chi connectivity index (χ0v) is 14.9. The van der Waals surface area contributed by atoms with Gasteiger partial charge in [-0.3, -0.25) is 0 Å². The molecule has 0 atom stereocenters. The van der Waals surface area contributed by atoms with Gasteiger partial charge in [0.15, 0.2) is 0 Å². The molecule has 0 saturated heterocycles. The molecule has 0 fully saturated rings. The number of hydrogen-bond acceptors (Lipinski definition) is 2. The highest BCUT2D eigenvalue weighted by molar-refractivity contribution is 5.91. The van der Waals surface area contributed by atoms with Gasteiger partial charge in [0.1, 0.15) is 11.5 Å². The van der Waals surface area contributed by atoms with E-state index >= 15 is 0 Å². The molecular formula is C22H26O2. The van der Waals surface area contributed by atoms with Gasteiger partial charge in [0, 0.05) is 5.56 Å². The van der Waals surface area contributed by atoms with Crippen LogP contribution in [0.25, 0.3) is 17.2 Å². The smallest absolute Gasteiger partial charge is 0.122 e. The first-order chi connectivity index (χ1) is 11.5. The van der Waals surface area contributed by atoms with E-state index in [1.165, 1.54) is 11.1 Å². The molecule has 0 aliphatic heterocycles. The van der Waals surface area contributed by atoms with Crippen LogP contribution in [0.3, 0.4) is 0 Å². The summed E-state index contributed by atoms with van der Waals surface area (Å²) in [6, 6.07) is 13.2. The molecule has 0 spiro atoms. The lowest BCUT2D eigenvalue weighted by molar-refractivity contribution is 0.473. The predicted octanol–water partition coefficient (Wildman–Crippen LogP) is 6.25. The third-order valence-electron chi connectivity index (χ3n) is 4.11. The summed E-state index contributed by atoms with van der Waals surface area (Å²) in [5, 5.41) is 19.6. The quantitative estimate of drug-likeness (QED) is 0.638.